The lowest BCUT2D eigenvalue weighted by Gasteiger charge is -2.13. The smallest absolute Gasteiger partial charge is 0.220 e. The van der Waals surface area contributed by atoms with Crippen molar-refractivity contribution in [3.05, 3.63) is 39.5 Å². The zero-order chi connectivity index (χ0) is 9.26. The molecular weight excluding hydrogens is 164 g/mol. The van der Waals surface area contributed by atoms with Crippen LogP contribution < -0.4 is 5.43 Å². The second-order valence-electron chi connectivity index (χ2n) is 3.45. The quantitative estimate of drug-likeness (QED) is 0.652. The molecule has 0 unspecified atom stereocenters. The van der Waals surface area contributed by atoms with Crippen molar-refractivity contribution in [2.45, 2.75) is 25.7 Å². The Bertz CT molecular complexity index is 382. The molecule has 1 aromatic carbocycles. The maximum absolute atomic E-state index is 11.2. The van der Waals surface area contributed by atoms with E-state index in [0.717, 1.165) is 36.8 Å². The topological polar surface area (TPSA) is 37.3 Å². The van der Waals surface area contributed by atoms with Gasteiger partial charge in [-0.2, -0.15) is 0 Å². The molecule has 1 aromatic rings. The van der Waals surface area contributed by atoms with Crippen molar-refractivity contribution in [2.24, 2.45) is 0 Å². The summed E-state index contributed by atoms with van der Waals surface area (Å²) in [4.78, 5) is 11.2. The minimum atomic E-state index is -0.261. The first-order valence-electron chi connectivity index (χ1n) is 4.63. The van der Waals surface area contributed by atoms with Gasteiger partial charge >= 0.3 is 0 Å². The Kier molecular flexibility index (Phi) is 2.05. The second-order valence-corrected chi connectivity index (χ2v) is 3.45. The molecule has 0 heterocycles. The Morgan fingerprint density at radius 3 is 2.77 bits per heavy atom. The molecule has 1 N–H and O–H groups in total. The maximum Gasteiger partial charge on any atom is 0.220 e. The second kappa shape index (κ2) is 3.21. The SMILES string of the molecule is O=c1cccc2c(c1O)CCCC2. The van der Waals surface area contributed by atoms with Gasteiger partial charge in [-0.1, -0.05) is 12.1 Å². The van der Waals surface area contributed by atoms with Crippen molar-refractivity contribution in [3.63, 3.8) is 0 Å². The van der Waals surface area contributed by atoms with Crippen molar-refractivity contribution < 1.29 is 5.11 Å². The van der Waals surface area contributed by atoms with Gasteiger partial charge in [0.2, 0.25) is 5.43 Å². The molecule has 0 saturated heterocycles. The number of hydrogen-bond donors (Lipinski definition) is 1. The summed E-state index contributed by atoms with van der Waals surface area (Å²) in [6.07, 6.45) is 4.05. The molecular formula is C11H12O2. The molecule has 0 fully saturated rings. The largest absolute Gasteiger partial charge is 0.504 e. The first-order chi connectivity index (χ1) is 6.29. The highest BCUT2D eigenvalue weighted by atomic mass is 16.3. The van der Waals surface area contributed by atoms with Crippen molar-refractivity contribution in [1.82, 2.24) is 0 Å². The van der Waals surface area contributed by atoms with Gasteiger partial charge < -0.3 is 5.11 Å². The Hall–Kier alpha value is -1.31. The van der Waals surface area contributed by atoms with E-state index in [-0.39, 0.29) is 11.2 Å². The summed E-state index contributed by atoms with van der Waals surface area (Å²) in [7, 11) is 0. The van der Waals surface area contributed by atoms with Crippen LogP contribution in [0.4, 0.5) is 0 Å². The zero-order valence-corrected chi connectivity index (χ0v) is 7.42. The van der Waals surface area contributed by atoms with E-state index in [4.69, 9.17) is 0 Å². The van der Waals surface area contributed by atoms with E-state index in [2.05, 4.69) is 0 Å². The third-order valence-electron chi connectivity index (χ3n) is 2.57. The van der Waals surface area contributed by atoms with Gasteiger partial charge in [-0.25, -0.2) is 0 Å². The van der Waals surface area contributed by atoms with Crippen LogP contribution in [-0.4, -0.2) is 5.11 Å². The molecule has 0 atom stereocenters. The van der Waals surface area contributed by atoms with Gasteiger partial charge in [-0.15, -0.1) is 0 Å². The predicted molar refractivity (Wildman–Crippen MR) is 51.0 cm³/mol. The van der Waals surface area contributed by atoms with Crippen LogP contribution in [0.25, 0.3) is 0 Å². The fraction of sp³-hybridized carbons (Fsp3) is 0.364. The monoisotopic (exact) mass is 176 g/mol. The number of fused-ring (bicyclic) bond motifs is 1. The minimum absolute atomic E-state index is 0.0419. The molecule has 68 valence electrons. The predicted octanol–water partition coefficient (Wildman–Crippen LogP) is 1.63. The van der Waals surface area contributed by atoms with Crippen LogP contribution in [0, 0.1) is 0 Å². The summed E-state index contributed by atoms with van der Waals surface area (Å²) in [5, 5.41) is 9.59. The fourth-order valence-corrected chi connectivity index (χ4v) is 1.86. The summed E-state index contributed by atoms with van der Waals surface area (Å²) in [5.41, 5.74) is 1.73. The van der Waals surface area contributed by atoms with E-state index in [9.17, 15) is 9.90 Å². The Labute approximate surface area is 76.9 Å². The standard InChI is InChI=1S/C11H12O2/c12-10-7-3-5-8-4-1-2-6-9(8)11(10)13/h3,5,7H,1-2,4,6H2,(H,12,13). The van der Waals surface area contributed by atoms with Crippen molar-refractivity contribution in [1.29, 1.82) is 0 Å². The van der Waals surface area contributed by atoms with Gasteiger partial charge in [0.1, 0.15) is 0 Å². The number of rotatable bonds is 0. The van der Waals surface area contributed by atoms with Gasteiger partial charge in [-0.05, 0) is 37.3 Å². The van der Waals surface area contributed by atoms with E-state index in [0.29, 0.717) is 0 Å². The Balaban J connectivity index is 2.70. The molecule has 13 heavy (non-hydrogen) atoms. The van der Waals surface area contributed by atoms with Gasteiger partial charge in [0.05, 0.1) is 0 Å². The van der Waals surface area contributed by atoms with Crippen LogP contribution in [0.3, 0.4) is 0 Å². The third-order valence-corrected chi connectivity index (χ3v) is 2.57. The third kappa shape index (κ3) is 1.44. The molecule has 0 saturated carbocycles. The maximum atomic E-state index is 11.2. The molecule has 0 bridgehead atoms. The average molecular weight is 176 g/mol. The first-order valence-corrected chi connectivity index (χ1v) is 4.63. The van der Waals surface area contributed by atoms with E-state index < -0.39 is 0 Å². The minimum Gasteiger partial charge on any atom is -0.504 e. The number of aromatic hydroxyl groups is 1. The summed E-state index contributed by atoms with van der Waals surface area (Å²) >= 11 is 0. The number of hydrogen-bond acceptors (Lipinski definition) is 2. The fourth-order valence-electron chi connectivity index (χ4n) is 1.86. The summed E-state index contributed by atoms with van der Waals surface area (Å²) in [6.45, 7) is 0. The molecule has 0 aromatic heterocycles. The van der Waals surface area contributed by atoms with Crippen molar-refractivity contribution >= 4 is 0 Å². The molecule has 2 nitrogen and oxygen atoms in total. The first kappa shape index (κ1) is 8.30. The van der Waals surface area contributed by atoms with E-state index in [1.165, 1.54) is 6.07 Å². The van der Waals surface area contributed by atoms with E-state index >= 15 is 0 Å². The van der Waals surface area contributed by atoms with Crippen LogP contribution in [0.15, 0.2) is 23.0 Å². The van der Waals surface area contributed by atoms with Crippen LogP contribution in [0.5, 0.6) is 5.75 Å². The lowest BCUT2D eigenvalue weighted by atomic mass is 9.93. The Morgan fingerprint density at radius 1 is 1.15 bits per heavy atom. The normalized spacial score (nSPS) is 15.1. The highest BCUT2D eigenvalue weighted by Crippen LogP contribution is 2.24. The lowest BCUT2D eigenvalue weighted by Crippen LogP contribution is -2.04. The van der Waals surface area contributed by atoms with Crippen LogP contribution >= 0.6 is 0 Å². The molecule has 0 spiro atoms. The molecule has 1 aliphatic rings. The summed E-state index contributed by atoms with van der Waals surface area (Å²) in [6, 6.07) is 5.09. The number of aryl methyl sites for hydroxylation is 1. The van der Waals surface area contributed by atoms with Crippen molar-refractivity contribution in [3.8, 4) is 5.75 Å². The molecule has 2 heteroatoms. The van der Waals surface area contributed by atoms with Gasteiger partial charge in [0.25, 0.3) is 0 Å². The zero-order valence-electron chi connectivity index (χ0n) is 7.42. The highest BCUT2D eigenvalue weighted by molar-refractivity contribution is 5.39. The molecule has 0 radical (unpaired) electrons. The van der Waals surface area contributed by atoms with Gasteiger partial charge in [-0.3, -0.25) is 4.79 Å². The lowest BCUT2D eigenvalue weighted by molar-refractivity contribution is 0.458. The summed E-state index contributed by atoms with van der Waals surface area (Å²) in [5.74, 6) is -0.0419. The van der Waals surface area contributed by atoms with Gasteiger partial charge in [0.15, 0.2) is 5.75 Å². The van der Waals surface area contributed by atoms with E-state index in [1.54, 1.807) is 6.07 Å². The Morgan fingerprint density at radius 2 is 1.92 bits per heavy atom. The van der Waals surface area contributed by atoms with Crippen molar-refractivity contribution in [2.75, 3.05) is 0 Å². The van der Waals surface area contributed by atoms with Gasteiger partial charge in [0, 0.05) is 5.56 Å². The molecule has 0 aliphatic heterocycles. The van der Waals surface area contributed by atoms with E-state index in [1.807, 2.05) is 6.07 Å². The molecule has 2 rings (SSSR count). The highest BCUT2D eigenvalue weighted by Gasteiger charge is 2.12. The molecule has 0 amide bonds. The van der Waals surface area contributed by atoms with Crippen LogP contribution in [-0.2, 0) is 12.8 Å². The summed E-state index contributed by atoms with van der Waals surface area (Å²) < 4.78 is 0. The molecule has 1 aliphatic carbocycles. The van der Waals surface area contributed by atoms with Crippen LogP contribution in [0.1, 0.15) is 24.0 Å². The average Bonchev–Trinajstić information content (AvgIpc) is 2.29. The van der Waals surface area contributed by atoms with Crippen LogP contribution in [0.2, 0.25) is 0 Å².